The molecule has 0 saturated heterocycles. The van der Waals surface area contributed by atoms with Crippen molar-refractivity contribution in [1.29, 1.82) is 10.7 Å². The first kappa shape index (κ1) is 9.36. The highest BCUT2D eigenvalue weighted by Crippen LogP contribution is 2.22. The van der Waals surface area contributed by atoms with Crippen molar-refractivity contribution in [2.24, 2.45) is 5.73 Å². The Labute approximate surface area is 80.4 Å². The fourth-order valence-electron chi connectivity index (χ4n) is 0.831. The van der Waals surface area contributed by atoms with E-state index in [4.69, 9.17) is 28.0 Å². The molecule has 1 aromatic rings. The lowest BCUT2D eigenvalue weighted by Gasteiger charge is -2.05. The Morgan fingerprint density at radius 1 is 1.62 bits per heavy atom. The molecular weight excluding hydrogens is 188 g/mol. The molecule has 1 aromatic carbocycles. The third-order valence-electron chi connectivity index (χ3n) is 1.37. The Hall–Kier alpha value is -1.73. The number of rotatable bonds is 1. The van der Waals surface area contributed by atoms with Gasteiger partial charge < -0.3 is 11.1 Å². The lowest BCUT2D eigenvalue weighted by molar-refractivity contribution is 1.41. The number of nitrogens with two attached hydrogens (primary N) is 1. The van der Waals surface area contributed by atoms with Gasteiger partial charge in [0.05, 0.1) is 22.3 Å². The average molecular weight is 195 g/mol. The van der Waals surface area contributed by atoms with Gasteiger partial charge in [0.1, 0.15) is 0 Å². The summed E-state index contributed by atoms with van der Waals surface area (Å²) < 4.78 is 0. The number of hydrogen-bond acceptors (Lipinski definition) is 2. The molecule has 66 valence electrons. The van der Waals surface area contributed by atoms with E-state index in [0.29, 0.717) is 16.3 Å². The minimum absolute atomic E-state index is 0.188. The topological polar surface area (TPSA) is 85.7 Å². The fraction of sp³-hybridized carbons (Fsp3) is 0. The Bertz CT molecular complexity index is 380. The van der Waals surface area contributed by atoms with E-state index in [1.165, 1.54) is 6.07 Å². The first-order valence-electron chi connectivity index (χ1n) is 3.44. The molecule has 4 nitrogen and oxygen atoms in total. The van der Waals surface area contributed by atoms with E-state index in [0.717, 1.165) is 0 Å². The maximum absolute atomic E-state index is 8.54. The Morgan fingerprint density at radius 3 is 2.77 bits per heavy atom. The van der Waals surface area contributed by atoms with Gasteiger partial charge in [0.25, 0.3) is 0 Å². The molecule has 13 heavy (non-hydrogen) atoms. The fourth-order valence-corrected chi connectivity index (χ4v) is 1.06. The molecule has 5 heteroatoms. The van der Waals surface area contributed by atoms with Crippen molar-refractivity contribution >= 4 is 23.2 Å². The maximum atomic E-state index is 8.54. The van der Waals surface area contributed by atoms with Crippen molar-refractivity contribution in [3.05, 3.63) is 28.8 Å². The third kappa shape index (κ3) is 2.36. The average Bonchev–Trinajstić information content (AvgIpc) is 2.08. The molecule has 0 radical (unpaired) electrons. The highest BCUT2D eigenvalue weighted by molar-refractivity contribution is 6.33. The van der Waals surface area contributed by atoms with E-state index >= 15 is 0 Å². The summed E-state index contributed by atoms with van der Waals surface area (Å²) in [5.41, 5.74) is 6.11. The van der Waals surface area contributed by atoms with Crippen molar-refractivity contribution in [2.75, 3.05) is 5.32 Å². The molecule has 0 bridgehead atoms. The number of nitriles is 1. The number of anilines is 1. The van der Waals surface area contributed by atoms with Crippen LogP contribution in [0.25, 0.3) is 0 Å². The van der Waals surface area contributed by atoms with Gasteiger partial charge in [0, 0.05) is 0 Å². The van der Waals surface area contributed by atoms with Gasteiger partial charge in [-0.1, -0.05) is 11.6 Å². The number of benzene rings is 1. The Balaban J connectivity index is 3.00. The van der Waals surface area contributed by atoms with Crippen LogP contribution in [0.3, 0.4) is 0 Å². The van der Waals surface area contributed by atoms with E-state index in [1.54, 1.807) is 12.1 Å². The van der Waals surface area contributed by atoms with Crippen LogP contribution in [0, 0.1) is 16.7 Å². The van der Waals surface area contributed by atoms with Crippen LogP contribution >= 0.6 is 11.6 Å². The number of guanidine groups is 1. The quantitative estimate of drug-likeness (QED) is 0.468. The Kier molecular flexibility index (Phi) is 2.72. The van der Waals surface area contributed by atoms with Gasteiger partial charge in [-0.3, -0.25) is 5.41 Å². The molecule has 0 aliphatic carbocycles. The zero-order valence-corrected chi connectivity index (χ0v) is 7.39. The van der Waals surface area contributed by atoms with Crippen LogP contribution in [-0.2, 0) is 0 Å². The van der Waals surface area contributed by atoms with Gasteiger partial charge in [-0.15, -0.1) is 0 Å². The number of hydrogen-bond donors (Lipinski definition) is 3. The Morgan fingerprint density at radius 2 is 2.31 bits per heavy atom. The predicted molar refractivity (Wildman–Crippen MR) is 51.7 cm³/mol. The monoisotopic (exact) mass is 194 g/mol. The number of halogens is 1. The van der Waals surface area contributed by atoms with E-state index in [1.807, 2.05) is 6.07 Å². The molecule has 1 rings (SSSR count). The van der Waals surface area contributed by atoms with E-state index < -0.39 is 0 Å². The number of nitrogens with zero attached hydrogens (tertiary/aromatic N) is 1. The minimum atomic E-state index is -0.188. The molecule has 0 atom stereocenters. The van der Waals surface area contributed by atoms with Crippen LogP contribution < -0.4 is 11.1 Å². The third-order valence-corrected chi connectivity index (χ3v) is 1.68. The van der Waals surface area contributed by atoms with E-state index in [-0.39, 0.29) is 5.96 Å². The highest BCUT2D eigenvalue weighted by atomic mass is 35.5. The second kappa shape index (κ2) is 3.78. The molecule has 0 saturated carbocycles. The van der Waals surface area contributed by atoms with Gasteiger partial charge >= 0.3 is 0 Å². The van der Waals surface area contributed by atoms with Crippen molar-refractivity contribution in [2.45, 2.75) is 0 Å². The standard InChI is InChI=1S/C8H7ClN4/c9-6-3-5(4-10)1-2-7(6)13-8(11)12/h1-3H,(H4,11,12,13). The second-order valence-electron chi connectivity index (χ2n) is 2.35. The largest absolute Gasteiger partial charge is 0.370 e. The summed E-state index contributed by atoms with van der Waals surface area (Å²) in [4.78, 5) is 0. The summed E-state index contributed by atoms with van der Waals surface area (Å²) in [5.74, 6) is -0.188. The van der Waals surface area contributed by atoms with Crippen LogP contribution in [0.5, 0.6) is 0 Å². The van der Waals surface area contributed by atoms with E-state index in [9.17, 15) is 0 Å². The highest BCUT2D eigenvalue weighted by Gasteiger charge is 2.01. The zero-order chi connectivity index (χ0) is 9.84. The molecular formula is C8H7ClN4. The molecule has 0 spiro atoms. The first-order chi connectivity index (χ1) is 6.13. The predicted octanol–water partition coefficient (Wildman–Crippen LogP) is 1.52. The molecule has 0 heterocycles. The lowest BCUT2D eigenvalue weighted by atomic mass is 10.2. The van der Waals surface area contributed by atoms with Crippen LogP contribution in [-0.4, -0.2) is 5.96 Å². The van der Waals surface area contributed by atoms with Gasteiger partial charge in [0.15, 0.2) is 5.96 Å². The second-order valence-corrected chi connectivity index (χ2v) is 2.75. The first-order valence-corrected chi connectivity index (χ1v) is 3.82. The molecule has 0 aromatic heterocycles. The summed E-state index contributed by atoms with van der Waals surface area (Å²) in [6.45, 7) is 0. The van der Waals surface area contributed by atoms with Crippen molar-refractivity contribution in [3.63, 3.8) is 0 Å². The SMILES string of the molecule is N#Cc1ccc(NC(=N)N)c(Cl)c1. The molecule has 0 aliphatic rings. The normalized spacial score (nSPS) is 8.92. The molecule has 0 aliphatic heterocycles. The zero-order valence-electron chi connectivity index (χ0n) is 6.63. The maximum Gasteiger partial charge on any atom is 0.190 e. The van der Waals surface area contributed by atoms with Crippen LogP contribution in [0.15, 0.2) is 18.2 Å². The van der Waals surface area contributed by atoms with E-state index in [2.05, 4.69) is 5.32 Å². The lowest BCUT2D eigenvalue weighted by Crippen LogP contribution is -2.20. The number of nitrogens with one attached hydrogen (secondary N) is 2. The summed E-state index contributed by atoms with van der Waals surface area (Å²) >= 11 is 5.79. The van der Waals surface area contributed by atoms with Crippen molar-refractivity contribution < 1.29 is 0 Å². The minimum Gasteiger partial charge on any atom is -0.370 e. The molecule has 0 unspecified atom stereocenters. The van der Waals surface area contributed by atoms with Gasteiger partial charge in [-0.2, -0.15) is 5.26 Å². The van der Waals surface area contributed by atoms with Gasteiger partial charge in [-0.25, -0.2) is 0 Å². The smallest absolute Gasteiger partial charge is 0.190 e. The summed E-state index contributed by atoms with van der Waals surface area (Å²) in [5, 5.41) is 18.4. The van der Waals surface area contributed by atoms with Gasteiger partial charge in [0.2, 0.25) is 0 Å². The van der Waals surface area contributed by atoms with Crippen LogP contribution in [0.2, 0.25) is 5.02 Å². The summed E-state index contributed by atoms with van der Waals surface area (Å²) in [7, 11) is 0. The van der Waals surface area contributed by atoms with Crippen molar-refractivity contribution in [3.8, 4) is 6.07 Å². The molecule has 0 amide bonds. The molecule has 0 fully saturated rings. The van der Waals surface area contributed by atoms with Crippen molar-refractivity contribution in [1.82, 2.24) is 0 Å². The van der Waals surface area contributed by atoms with Gasteiger partial charge in [-0.05, 0) is 18.2 Å². The van der Waals surface area contributed by atoms with Crippen LogP contribution in [0.1, 0.15) is 5.56 Å². The molecule has 4 N–H and O–H groups in total. The van der Waals surface area contributed by atoms with Crippen LogP contribution in [0.4, 0.5) is 5.69 Å². The summed E-state index contributed by atoms with van der Waals surface area (Å²) in [6.07, 6.45) is 0. The summed E-state index contributed by atoms with van der Waals surface area (Å²) in [6, 6.07) is 6.65.